The first-order valence-corrected chi connectivity index (χ1v) is 6.31. The number of carbonyl (C=O) groups excluding carboxylic acids is 1. The van der Waals surface area contributed by atoms with Crippen molar-refractivity contribution in [2.45, 2.75) is 27.4 Å². The fraction of sp³-hybridized carbons (Fsp3) is 0.267. The third-order valence-corrected chi connectivity index (χ3v) is 3.25. The molecule has 20 heavy (non-hydrogen) atoms. The van der Waals surface area contributed by atoms with Crippen LogP contribution < -0.4 is 16.0 Å². The van der Waals surface area contributed by atoms with Gasteiger partial charge in [0.05, 0.1) is 0 Å². The molecule has 106 valence electrons. The molecule has 5 nitrogen and oxygen atoms in total. The number of nitrogen functional groups attached to an aromatic ring is 1. The molecule has 0 spiro atoms. The second-order valence-corrected chi connectivity index (χ2v) is 4.70. The van der Waals surface area contributed by atoms with Crippen LogP contribution in [0.1, 0.15) is 33.0 Å². The third kappa shape index (κ3) is 3.00. The highest BCUT2D eigenvalue weighted by Crippen LogP contribution is 2.20. The standard InChI is InChI=1S/C15H18N2O3/c1-9-4-5-13(6-10(9)2)19-8-12-7-14(15(18)17-16)20-11(12)3/h4-7H,8,16H2,1-3H3,(H,17,18). The van der Waals surface area contributed by atoms with E-state index in [0.29, 0.717) is 12.4 Å². The summed E-state index contributed by atoms with van der Waals surface area (Å²) in [6.07, 6.45) is 0. The summed E-state index contributed by atoms with van der Waals surface area (Å²) in [5.74, 6) is 6.24. The van der Waals surface area contributed by atoms with E-state index in [9.17, 15) is 4.79 Å². The lowest BCUT2D eigenvalue weighted by Crippen LogP contribution is -2.29. The number of nitrogens with one attached hydrogen (secondary N) is 1. The molecule has 0 radical (unpaired) electrons. The zero-order valence-corrected chi connectivity index (χ0v) is 11.8. The fourth-order valence-corrected chi connectivity index (χ4v) is 1.81. The Morgan fingerprint density at radius 3 is 2.65 bits per heavy atom. The molecular weight excluding hydrogens is 256 g/mol. The molecule has 1 aromatic carbocycles. The first-order chi connectivity index (χ1) is 9.51. The largest absolute Gasteiger partial charge is 0.489 e. The highest BCUT2D eigenvalue weighted by atomic mass is 16.5. The molecular formula is C15H18N2O3. The summed E-state index contributed by atoms with van der Waals surface area (Å²) in [5.41, 5.74) is 5.25. The van der Waals surface area contributed by atoms with E-state index in [1.165, 1.54) is 11.1 Å². The van der Waals surface area contributed by atoms with Crippen LogP contribution in [0.15, 0.2) is 28.7 Å². The molecule has 0 fully saturated rings. The molecule has 2 aromatic rings. The van der Waals surface area contributed by atoms with Gasteiger partial charge >= 0.3 is 5.91 Å². The Bertz CT molecular complexity index is 632. The van der Waals surface area contributed by atoms with E-state index >= 15 is 0 Å². The van der Waals surface area contributed by atoms with Crippen LogP contribution in [0, 0.1) is 20.8 Å². The Morgan fingerprint density at radius 2 is 2.00 bits per heavy atom. The maximum absolute atomic E-state index is 11.4. The van der Waals surface area contributed by atoms with Crippen molar-refractivity contribution in [2.75, 3.05) is 0 Å². The molecule has 0 bridgehead atoms. The molecule has 0 saturated heterocycles. The van der Waals surface area contributed by atoms with Crippen molar-refractivity contribution in [3.8, 4) is 5.75 Å². The zero-order valence-electron chi connectivity index (χ0n) is 11.8. The maximum atomic E-state index is 11.4. The van der Waals surface area contributed by atoms with Crippen LogP contribution in [0.25, 0.3) is 0 Å². The van der Waals surface area contributed by atoms with Crippen molar-refractivity contribution in [1.82, 2.24) is 5.43 Å². The van der Waals surface area contributed by atoms with Gasteiger partial charge in [0.15, 0.2) is 5.76 Å². The Kier molecular flexibility index (Phi) is 4.10. The molecule has 5 heteroatoms. The van der Waals surface area contributed by atoms with Gasteiger partial charge in [0, 0.05) is 5.56 Å². The lowest BCUT2D eigenvalue weighted by Gasteiger charge is -2.07. The minimum Gasteiger partial charge on any atom is -0.489 e. The molecule has 0 aliphatic carbocycles. The summed E-state index contributed by atoms with van der Waals surface area (Å²) in [6, 6.07) is 7.56. The Labute approximate surface area is 117 Å². The Morgan fingerprint density at radius 1 is 1.25 bits per heavy atom. The van der Waals surface area contributed by atoms with Crippen molar-refractivity contribution >= 4 is 5.91 Å². The van der Waals surface area contributed by atoms with Crippen LogP contribution in [-0.4, -0.2) is 5.91 Å². The third-order valence-electron chi connectivity index (χ3n) is 3.25. The minimum absolute atomic E-state index is 0.184. The van der Waals surface area contributed by atoms with Crippen LogP contribution in [0.4, 0.5) is 0 Å². The van der Waals surface area contributed by atoms with Gasteiger partial charge in [-0.2, -0.15) is 0 Å². The van der Waals surface area contributed by atoms with E-state index in [1.54, 1.807) is 13.0 Å². The van der Waals surface area contributed by atoms with E-state index in [0.717, 1.165) is 11.3 Å². The molecule has 0 aliphatic heterocycles. The molecule has 0 saturated carbocycles. The van der Waals surface area contributed by atoms with Crippen LogP contribution in [0.5, 0.6) is 5.75 Å². The normalized spacial score (nSPS) is 10.4. The van der Waals surface area contributed by atoms with Gasteiger partial charge in [0.2, 0.25) is 0 Å². The van der Waals surface area contributed by atoms with E-state index in [1.807, 2.05) is 30.5 Å². The quantitative estimate of drug-likeness (QED) is 0.510. The Balaban J connectivity index is 2.08. The first kappa shape index (κ1) is 14.1. The average molecular weight is 274 g/mol. The Hall–Kier alpha value is -2.27. The minimum atomic E-state index is -0.453. The van der Waals surface area contributed by atoms with Crippen molar-refractivity contribution in [1.29, 1.82) is 0 Å². The number of ether oxygens (including phenoxy) is 1. The summed E-state index contributed by atoms with van der Waals surface area (Å²) < 4.78 is 11.0. The number of benzene rings is 1. The number of carbonyl (C=O) groups is 1. The van der Waals surface area contributed by atoms with E-state index in [2.05, 4.69) is 6.92 Å². The van der Waals surface area contributed by atoms with Crippen molar-refractivity contribution in [2.24, 2.45) is 5.84 Å². The van der Waals surface area contributed by atoms with Crippen molar-refractivity contribution in [3.63, 3.8) is 0 Å². The van der Waals surface area contributed by atoms with Gasteiger partial charge in [-0.25, -0.2) is 5.84 Å². The van der Waals surface area contributed by atoms with Gasteiger partial charge in [-0.3, -0.25) is 10.2 Å². The topological polar surface area (TPSA) is 77.5 Å². The lowest BCUT2D eigenvalue weighted by atomic mass is 10.1. The zero-order chi connectivity index (χ0) is 14.7. The van der Waals surface area contributed by atoms with E-state index in [4.69, 9.17) is 15.0 Å². The van der Waals surface area contributed by atoms with Gasteiger partial charge in [-0.15, -0.1) is 0 Å². The summed E-state index contributed by atoms with van der Waals surface area (Å²) in [6.45, 7) is 6.22. The summed E-state index contributed by atoms with van der Waals surface area (Å²) in [7, 11) is 0. The molecule has 1 aromatic heterocycles. The summed E-state index contributed by atoms with van der Waals surface area (Å²) >= 11 is 0. The van der Waals surface area contributed by atoms with Crippen molar-refractivity contribution in [3.05, 3.63) is 52.5 Å². The molecule has 0 atom stereocenters. The van der Waals surface area contributed by atoms with Gasteiger partial charge in [0.1, 0.15) is 18.1 Å². The van der Waals surface area contributed by atoms with E-state index < -0.39 is 5.91 Å². The second-order valence-electron chi connectivity index (χ2n) is 4.70. The predicted molar refractivity (Wildman–Crippen MR) is 75.3 cm³/mol. The maximum Gasteiger partial charge on any atom is 0.300 e. The van der Waals surface area contributed by atoms with Gasteiger partial charge in [0.25, 0.3) is 0 Å². The molecule has 1 heterocycles. The highest BCUT2D eigenvalue weighted by Gasteiger charge is 2.13. The number of hydrogen-bond acceptors (Lipinski definition) is 4. The van der Waals surface area contributed by atoms with Crippen LogP contribution in [-0.2, 0) is 6.61 Å². The van der Waals surface area contributed by atoms with Gasteiger partial charge in [-0.1, -0.05) is 6.07 Å². The number of rotatable bonds is 4. The summed E-state index contributed by atoms with van der Waals surface area (Å²) in [4.78, 5) is 11.4. The molecule has 3 N–H and O–H groups in total. The number of nitrogens with two attached hydrogens (primary N) is 1. The van der Waals surface area contributed by atoms with E-state index in [-0.39, 0.29) is 5.76 Å². The first-order valence-electron chi connectivity index (χ1n) is 6.31. The SMILES string of the molecule is Cc1ccc(OCc2cc(C(=O)NN)oc2C)cc1C. The monoisotopic (exact) mass is 274 g/mol. The number of hydrogen-bond donors (Lipinski definition) is 2. The van der Waals surface area contributed by atoms with Crippen LogP contribution in [0.3, 0.4) is 0 Å². The number of aryl methyl sites for hydroxylation is 3. The fourth-order valence-electron chi connectivity index (χ4n) is 1.81. The van der Waals surface area contributed by atoms with Gasteiger partial charge in [-0.05, 0) is 50.1 Å². The molecule has 0 unspecified atom stereocenters. The smallest absolute Gasteiger partial charge is 0.300 e. The van der Waals surface area contributed by atoms with Crippen LogP contribution >= 0.6 is 0 Å². The summed E-state index contributed by atoms with van der Waals surface area (Å²) in [5, 5.41) is 0. The number of furan rings is 1. The van der Waals surface area contributed by atoms with Crippen molar-refractivity contribution < 1.29 is 13.9 Å². The average Bonchev–Trinajstić information content (AvgIpc) is 2.80. The lowest BCUT2D eigenvalue weighted by molar-refractivity contribution is 0.0924. The van der Waals surface area contributed by atoms with Gasteiger partial charge < -0.3 is 9.15 Å². The van der Waals surface area contributed by atoms with Crippen LogP contribution in [0.2, 0.25) is 0 Å². The number of hydrazine groups is 1. The number of amides is 1. The predicted octanol–water partition coefficient (Wildman–Crippen LogP) is 2.39. The highest BCUT2D eigenvalue weighted by molar-refractivity contribution is 5.91. The molecule has 0 aliphatic rings. The second kappa shape index (κ2) is 5.79. The molecule has 2 rings (SSSR count). The molecule has 1 amide bonds.